The Morgan fingerprint density at radius 1 is 1.37 bits per heavy atom. The molecule has 6 heteroatoms. The molecule has 0 spiro atoms. The van der Waals surface area contributed by atoms with Crippen LogP contribution in [0.4, 0.5) is 5.69 Å². The summed E-state index contributed by atoms with van der Waals surface area (Å²) in [6.45, 7) is 3.41. The molecule has 1 amide bonds. The molecule has 0 atom stereocenters. The molecule has 0 unspecified atom stereocenters. The van der Waals surface area contributed by atoms with Crippen LogP contribution < -0.4 is 10.6 Å². The number of benzene rings is 1. The van der Waals surface area contributed by atoms with Crippen LogP contribution in [0.5, 0.6) is 0 Å². The summed E-state index contributed by atoms with van der Waals surface area (Å²) in [4.78, 5) is 13.7. The van der Waals surface area contributed by atoms with Crippen molar-refractivity contribution in [3.8, 4) is 0 Å². The molecule has 0 radical (unpaired) electrons. The van der Waals surface area contributed by atoms with E-state index in [1.807, 2.05) is 0 Å². The number of nitrogens with zero attached hydrogens (tertiary/aromatic N) is 2. The van der Waals surface area contributed by atoms with Gasteiger partial charge in [0.25, 0.3) is 5.91 Å². The minimum atomic E-state index is -0.890. The summed E-state index contributed by atoms with van der Waals surface area (Å²) in [5, 5.41) is 11.5. The van der Waals surface area contributed by atoms with E-state index in [1.54, 1.807) is 45.2 Å². The molecule has 0 saturated carbocycles. The minimum absolute atomic E-state index is 0.0257. The first-order valence-corrected chi connectivity index (χ1v) is 5.74. The summed E-state index contributed by atoms with van der Waals surface area (Å²) >= 11 is 0. The Hall–Kier alpha value is -2.08. The first kappa shape index (κ1) is 15.0. The first-order chi connectivity index (χ1) is 8.83. The van der Waals surface area contributed by atoms with E-state index in [1.165, 1.54) is 12.0 Å². The fourth-order valence-electron chi connectivity index (χ4n) is 1.52. The van der Waals surface area contributed by atoms with E-state index in [2.05, 4.69) is 5.16 Å². The molecule has 0 fully saturated rings. The highest BCUT2D eigenvalue weighted by molar-refractivity contribution is 6.00. The number of likely N-dealkylation sites (N-methyl/N-ethyl adjacent to an activating group) is 1. The molecule has 1 rings (SSSR count). The van der Waals surface area contributed by atoms with Crippen molar-refractivity contribution in [1.29, 1.82) is 0 Å². The van der Waals surface area contributed by atoms with Crippen molar-refractivity contribution in [2.45, 2.75) is 19.4 Å². The van der Waals surface area contributed by atoms with Gasteiger partial charge in [-0.05, 0) is 38.1 Å². The Labute approximate surface area is 112 Å². The Balaban J connectivity index is 2.96. The zero-order valence-corrected chi connectivity index (χ0v) is 11.5. The van der Waals surface area contributed by atoms with Crippen molar-refractivity contribution in [3.05, 3.63) is 29.8 Å². The van der Waals surface area contributed by atoms with E-state index in [0.29, 0.717) is 11.3 Å². The summed E-state index contributed by atoms with van der Waals surface area (Å²) in [5.41, 5.74) is 5.86. The average Bonchev–Trinajstić information content (AvgIpc) is 2.44. The summed E-state index contributed by atoms with van der Waals surface area (Å²) in [6.07, 6.45) is 0. The molecule has 1 aromatic carbocycles. The highest BCUT2D eigenvalue weighted by Gasteiger charge is 2.30. The lowest BCUT2D eigenvalue weighted by Crippen LogP contribution is -2.44. The third kappa shape index (κ3) is 3.23. The van der Waals surface area contributed by atoms with Crippen molar-refractivity contribution < 1.29 is 14.7 Å². The SMILES string of the molecule is COC(C)(C)C(=O)N(C)c1ccc(/C(N)=N/O)cc1. The number of hydrogen-bond donors (Lipinski definition) is 2. The second-order valence-electron chi connectivity index (χ2n) is 4.61. The van der Waals surface area contributed by atoms with Crippen LogP contribution in [0.2, 0.25) is 0 Å². The van der Waals surface area contributed by atoms with Crippen molar-refractivity contribution in [1.82, 2.24) is 0 Å². The molecule has 0 bridgehead atoms. The van der Waals surface area contributed by atoms with E-state index < -0.39 is 5.60 Å². The van der Waals surface area contributed by atoms with Crippen molar-refractivity contribution in [2.75, 3.05) is 19.1 Å². The Bertz CT molecular complexity index is 480. The van der Waals surface area contributed by atoms with Gasteiger partial charge in [0.05, 0.1) is 0 Å². The summed E-state index contributed by atoms with van der Waals surface area (Å²) < 4.78 is 5.16. The summed E-state index contributed by atoms with van der Waals surface area (Å²) in [5.74, 6) is -0.135. The Kier molecular flexibility index (Phi) is 4.50. The number of amidine groups is 1. The van der Waals surface area contributed by atoms with Gasteiger partial charge in [0.1, 0.15) is 5.60 Å². The molecule has 0 aliphatic heterocycles. The number of methoxy groups -OCH3 is 1. The number of nitrogens with two attached hydrogens (primary N) is 1. The van der Waals surface area contributed by atoms with Crippen LogP contribution in [-0.4, -0.2) is 36.7 Å². The van der Waals surface area contributed by atoms with Gasteiger partial charge >= 0.3 is 0 Å². The van der Waals surface area contributed by atoms with E-state index in [0.717, 1.165) is 0 Å². The van der Waals surface area contributed by atoms with Gasteiger partial charge in [-0.25, -0.2) is 0 Å². The van der Waals surface area contributed by atoms with Crippen LogP contribution in [0.3, 0.4) is 0 Å². The number of anilines is 1. The van der Waals surface area contributed by atoms with Crippen molar-refractivity contribution in [3.63, 3.8) is 0 Å². The third-order valence-electron chi connectivity index (χ3n) is 2.99. The molecule has 0 aliphatic carbocycles. The van der Waals surface area contributed by atoms with Gasteiger partial charge in [-0.2, -0.15) is 0 Å². The monoisotopic (exact) mass is 265 g/mol. The van der Waals surface area contributed by atoms with Gasteiger partial charge in [-0.15, -0.1) is 0 Å². The second-order valence-corrected chi connectivity index (χ2v) is 4.61. The molecule has 0 saturated heterocycles. The highest BCUT2D eigenvalue weighted by atomic mass is 16.5. The van der Waals surface area contributed by atoms with Gasteiger partial charge in [-0.1, -0.05) is 5.16 Å². The zero-order chi connectivity index (χ0) is 14.6. The normalized spacial score (nSPS) is 12.3. The first-order valence-electron chi connectivity index (χ1n) is 5.74. The molecular weight excluding hydrogens is 246 g/mol. The number of carbonyl (C=O) groups is 1. The number of hydrogen-bond acceptors (Lipinski definition) is 4. The fraction of sp³-hybridized carbons (Fsp3) is 0.385. The predicted octanol–water partition coefficient (Wildman–Crippen LogP) is 1.17. The number of carbonyl (C=O) groups excluding carboxylic acids is 1. The van der Waals surface area contributed by atoms with E-state index >= 15 is 0 Å². The number of rotatable bonds is 4. The number of ether oxygens (including phenoxy) is 1. The van der Waals surface area contributed by atoms with Crippen LogP contribution in [0, 0.1) is 0 Å². The second kappa shape index (κ2) is 5.71. The third-order valence-corrected chi connectivity index (χ3v) is 2.99. The Morgan fingerprint density at radius 3 is 2.32 bits per heavy atom. The Morgan fingerprint density at radius 2 is 1.89 bits per heavy atom. The van der Waals surface area contributed by atoms with Crippen molar-refractivity contribution in [2.24, 2.45) is 10.9 Å². The average molecular weight is 265 g/mol. The predicted molar refractivity (Wildman–Crippen MR) is 73.5 cm³/mol. The quantitative estimate of drug-likeness (QED) is 0.370. The topological polar surface area (TPSA) is 88.2 Å². The van der Waals surface area contributed by atoms with Gasteiger partial charge in [0.2, 0.25) is 0 Å². The minimum Gasteiger partial charge on any atom is -0.409 e. The van der Waals surface area contributed by atoms with Crippen LogP contribution in [-0.2, 0) is 9.53 Å². The van der Waals surface area contributed by atoms with Crippen molar-refractivity contribution >= 4 is 17.4 Å². The van der Waals surface area contributed by atoms with E-state index in [9.17, 15) is 4.79 Å². The zero-order valence-electron chi connectivity index (χ0n) is 11.5. The molecule has 1 aromatic rings. The molecule has 6 nitrogen and oxygen atoms in total. The molecule has 104 valence electrons. The van der Waals surface area contributed by atoms with Gasteiger partial charge in [0, 0.05) is 25.4 Å². The smallest absolute Gasteiger partial charge is 0.258 e. The molecule has 19 heavy (non-hydrogen) atoms. The molecule has 0 aromatic heterocycles. The van der Waals surface area contributed by atoms with Gasteiger partial charge < -0.3 is 20.6 Å². The highest BCUT2D eigenvalue weighted by Crippen LogP contribution is 2.19. The molecule has 0 heterocycles. The fourth-order valence-corrected chi connectivity index (χ4v) is 1.52. The standard InChI is InChI=1S/C13H19N3O3/c1-13(2,19-4)12(17)16(3)10-7-5-9(6-8-10)11(14)15-18/h5-8,18H,1-4H3,(H2,14,15). The van der Waals surface area contributed by atoms with E-state index in [-0.39, 0.29) is 11.7 Å². The van der Waals surface area contributed by atoms with Crippen LogP contribution in [0.15, 0.2) is 29.4 Å². The maximum absolute atomic E-state index is 12.2. The lowest BCUT2D eigenvalue weighted by molar-refractivity contribution is -0.136. The molecule has 0 aliphatic rings. The molecule has 3 N–H and O–H groups in total. The van der Waals surface area contributed by atoms with Crippen LogP contribution >= 0.6 is 0 Å². The van der Waals surface area contributed by atoms with Crippen LogP contribution in [0.25, 0.3) is 0 Å². The maximum atomic E-state index is 12.2. The van der Waals surface area contributed by atoms with Gasteiger partial charge in [0.15, 0.2) is 5.84 Å². The summed E-state index contributed by atoms with van der Waals surface area (Å²) in [6, 6.07) is 6.79. The van der Waals surface area contributed by atoms with E-state index in [4.69, 9.17) is 15.7 Å². The lowest BCUT2D eigenvalue weighted by atomic mass is 10.1. The van der Waals surface area contributed by atoms with Crippen LogP contribution in [0.1, 0.15) is 19.4 Å². The molecular formula is C13H19N3O3. The summed E-state index contributed by atoms with van der Waals surface area (Å²) in [7, 11) is 3.16. The number of amides is 1. The lowest BCUT2D eigenvalue weighted by Gasteiger charge is -2.28. The number of oxime groups is 1. The van der Waals surface area contributed by atoms with Gasteiger partial charge in [-0.3, -0.25) is 4.79 Å². The largest absolute Gasteiger partial charge is 0.409 e. The maximum Gasteiger partial charge on any atom is 0.258 e.